The zero-order valence-corrected chi connectivity index (χ0v) is 10.2. The third-order valence-corrected chi connectivity index (χ3v) is 4.13. The summed E-state index contributed by atoms with van der Waals surface area (Å²) >= 11 is 0. The summed E-state index contributed by atoms with van der Waals surface area (Å²) in [6, 6.07) is 0. The molecule has 15 heavy (non-hydrogen) atoms. The molecule has 0 saturated heterocycles. The molecular weight excluding hydrogens is 188 g/mol. The number of hydrogen-bond donors (Lipinski definition) is 2. The van der Waals surface area contributed by atoms with Gasteiger partial charge in [0.25, 0.3) is 0 Å². The second kappa shape index (κ2) is 5.83. The molecule has 0 aromatic carbocycles. The predicted molar refractivity (Wildman–Crippen MR) is 63.8 cm³/mol. The molecule has 1 aliphatic rings. The van der Waals surface area contributed by atoms with Crippen LogP contribution in [0.2, 0.25) is 0 Å². The summed E-state index contributed by atoms with van der Waals surface area (Å²) in [7, 11) is 0. The van der Waals surface area contributed by atoms with Gasteiger partial charge in [-0.25, -0.2) is 0 Å². The van der Waals surface area contributed by atoms with Crippen LogP contribution in [0.25, 0.3) is 0 Å². The van der Waals surface area contributed by atoms with E-state index in [0.29, 0.717) is 6.54 Å². The van der Waals surface area contributed by atoms with Gasteiger partial charge in [0, 0.05) is 18.1 Å². The topological polar surface area (TPSA) is 49.5 Å². The first-order valence-corrected chi connectivity index (χ1v) is 6.31. The van der Waals surface area contributed by atoms with E-state index in [2.05, 4.69) is 18.7 Å². The van der Waals surface area contributed by atoms with Gasteiger partial charge in [0.05, 0.1) is 0 Å². The molecule has 0 aromatic heterocycles. The van der Waals surface area contributed by atoms with Crippen LogP contribution in [0.15, 0.2) is 0 Å². The van der Waals surface area contributed by atoms with Crippen molar-refractivity contribution in [3.63, 3.8) is 0 Å². The molecule has 0 aromatic rings. The predicted octanol–water partition coefficient (Wildman–Crippen LogP) is 1.21. The summed E-state index contributed by atoms with van der Waals surface area (Å²) in [6.45, 7) is 7.36. The first kappa shape index (κ1) is 12.9. The van der Waals surface area contributed by atoms with Crippen molar-refractivity contribution < 1.29 is 5.11 Å². The Morgan fingerprint density at radius 1 is 1.27 bits per heavy atom. The molecule has 3 heteroatoms. The monoisotopic (exact) mass is 214 g/mol. The van der Waals surface area contributed by atoms with Crippen LogP contribution in [0.5, 0.6) is 0 Å². The fraction of sp³-hybridized carbons (Fsp3) is 1.00. The molecule has 0 spiro atoms. The first-order valence-electron chi connectivity index (χ1n) is 6.31. The lowest BCUT2D eigenvalue weighted by atomic mass is 9.80. The molecule has 3 N–H and O–H groups in total. The Bertz CT molecular complexity index is 156. The van der Waals surface area contributed by atoms with Gasteiger partial charge in [-0.15, -0.1) is 0 Å². The quantitative estimate of drug-likeness (QED) is 0.698. The molecule has 3 nitrogen and oxygen atoms in total. The second-order valence-electron chi connectivity index (χ2n) is 4.60. The molecule has 1 atom stereocenters. The smallest absolute Gasteiger partial charge is 0.0489 e. The zero-order valence-electron chi connectivity index (χ0n) is 10.2. The molecule has 1 fully saturated rings. The van der Waals surface area contributed by atoms with Crippen LogP contribution >= 0.6 is 0 Å². The summed E-state index contributed by atoms with van der Waals surface area (Å²) in [5, 5.41) is 9.48. The number of nitrogens with two attached hydrogens (primary N) is 1. The maximum absolute atomic E-state index is 9.48. The summed E-state index contributed by atoms with van der Waals surface area (Å²) in [5.41, 5.74) is 6.00. The Labute approximate surface area is 93.6 Å². The molecule has 1 saturated carbocycles. The maximum atomic E-state index is 9.48. The molecule has 0 amide bonds. The molecule has 0 radical (unpaired) electrons. The number of rotatable bonds is 6. The van der Waals surface area contributed by atoms with Crippen molar-refractivity contribution in [2.45, 2.75) is 45.1 Å². The van der Waals surface area contributed by atoms with Crippen molar-refractivity contribution >= 4 is 0 Å². The van der Waals surface area contributed by atoms with Gasteiger partial charge in [0.2, 0.25) is 0 Å². The number of nitrogens with zero attached hydrogens (tertiary/aromatic N) is 1. The summed E-state index contributed by atoms with van der Waals surface area (Å²) in [5.74, 6) is 0.250. The van der Waals surface area contributed by atoms with Crippen LogP contribution < -0.4 is 5.73 Å². The normalized spacial score (nSPS) is 22.2. The second-order valence-corrected chi connectivity index (χ2v) is 4.60. The van der Waals surface area contributed by atoms with E-state index in [0.717, 1.165) is 13.1 Å². The van der Waals surface area contributed by atoms with Gasteiger partial charge in [-0.05, 0) is 32.5 Å². The number of aliphatic hydroxyl groups excluding tert-OH is 1. The van der Waals surface area contributed by atoms with E-state index in [1.54, 1.807) is 0 Å². The maximum Gasteiger partial charge on any atom is 0.0489 e. The highest BCUT2D eigenvalue weighted by Crippen LogP contribution is 2.40. The largest absolute Gasteiger partial charge is 0.396 e. The zero-order chi connectivity index (χ0) is 11.3. The average Bonchev–Trinajstić information content (AvgIpc) is 2.72. The van der Waals surface area contributed by atoms with Gasteiger partial charge in [-0.1, -0.05) is 26.7 Å². The van der Waals surface area contributed by atoms with Crippen LogP contribution in [0.3, 0.4) is 0 Å². The van der Waals surface area contributed by atoms with Crippen molar-refractivity contribution in [3.8, 4) is 0 Å². The summed E-state index contributed by atoms with van der Waals surface area (Å²) < 4.78 is 0. The highest BCUT2D eigenvalue weighted by Gasteiger charge is 2.43. The van der Waals surface area contributed by atoms with Gasteiger partial charge in [0.1, 0.15) is 0 Å². The Balaban J connectivity index is 2.85. The molecule has 1 rings (SSSR count). The van der Waals surface area contributed by atoms with Crippen molar-refractivity contribution in [2.75, 3.05) is 26.2 Å². The lowest BCUT2D eigenvalue weighted by molar-refractivity contribution is 0.0197. The van der Waals surface area contributed by atoms with Crippen LogP contribution in [-0.4, -0.2) is 41.8 Å². The lowest BCUT2D eigenvalue weighted by Crippen LogP contribution is -2.55. The Morgan fingerprint density at radius 3 is 2.13 bits per heavy atom. The van der Waals surface area contributed by atoms with Gasteiger partial charge >= 0.3 is 0 Å². The van der Waals surface area contributed by atoms with E-state index < -0.39 is 0 Å². The van der Waals surface area contributed by atoms with Crippen molar-refractivity contribution in [2.24, 2.45) is 11.7 Å². The van der Waals surface area contributed by atoms with E-state index in [-0.39, 0.29) is 18.1 Å². The van der Waals surface area contributed by atoms with Crippen LogP contribution in [-0.2, 0) is 0 Å². The Morgan fingerprint density at radius 2 is 1.80 bits per heavy atom. The molecule has 0 unspecified atom stereocenters. The van der Waals surface area contributed by atoms with Crippen LogP contribution in [0.4, 0.5) is 0 Å². The molecule has 0 bridgehead atoms. The molecule has 0 aliphatic heterocycles. The standard InChI is InChI=1S/C12H26N2O/c1-3-14(4-2)12(7-5-6-8-12)11(9-13)10-15/h11,15H,3-10,13H2,1-2H3/t11-/m0/s1. The van der Waals surface area contributed by atoms with Gasteiger partial charge < -0.3 is 10.8 Å². The highest BCUT2D eigenvalue weighted by molar-refractivity contribution is 4.99. The van der Waals surface area contributed by atoms with Crippen molar-refractivity contribution in [1.82, 2.24) is 4.90 Å². The lowest BCUT2D eigenvalue weighted by Gasteiger charge is -2.45. The fourth-order valence-electron chi connectivity index (χ4n) is 3.29. The van der Waals surface area contributed by atoms with E-state index >= 15 is 0 Å². The number of hydrogen-bond acceptors (Lipinski definition) is 3. The fourth-order valence-corrected chi connectivity index (χ4v) is 3.29. The van der Waals surface area contributed by atoms with Crippen LogP contribution in [0.1, 0.15) is 39.5 Å². The van der Waals surface area contributed by atoms with Gasteiger partial charge in [-0.3, -0.25) is 4.90 Å². The van der Waals surface area contributed by atoms with E-state index in [1.165, 1.54) is 25.7 Å². The molecule has 1 aliphatic carbocycles. The van der Waals surface area contributed by atoms with Crippen molar-refractivity contribution in [1.29, 1.82) is 0 Å². The minimum Gasteiger partial charge on any atom is -0.396 e. The summed E-state index contributed by atoms with van der Waals surface area (Å²) in [6.07, 6.45) is 4.98. The Kier molecular flexibility index (Phi) is 5.03. The molecule has 90 valence electrons. The third kappa shape index (κ3) is 2.35. The third-order valence-electron chi connectivity index (χ3n) is 4.13. The van der Waals surface area contributed by atoms with Crippen LogP contribution in [0, 0.1) is 5.92 Å². The summed E-state index contributed by atoms with van der Waals surface area (Å²) in [4.78, 5) is 2.51. The minimum absolute atomic E-state index is 0.188. The Hall–Kier alpha value is -0.120. The van der Waals surface area contributed by atoms with Gasteiger partial charge in [0.15, 0.2) is 0 Å². The average molecular weight is 214 g/mol. The highest BCUT2D eigenvalue weighted by atomic mass is 16.3. The van der Waals surface area contributed by atoms with E-state index in [1.807, 2.05) is 0 Å². The van der Waals surface area contributed by atoms with E-state index in [9.17, 15) is 5.11 Å². The first-order chi connectivity index (χ1) is 7.25. The minimum atomic E-state index is 0.188. The van der Waals surface area contributed by atoms with E-state index in [4.69, 9.17) is 5.73 Å². The SMILES string of the molecule is CCN(CC)C1([C@@H](CN)CO)CCCC1. The molecular formula is C12H26N2O. The van der Waals surface area contributed by atoms with Gasteiger partial charge in [-0.2, -0.15) is 0 Å². The number of aliphatic hydroxyl groups is 1. The molecule has 0 heterocycles. The van der Waals surface area contributed by atoms with Crippen molar-refractivity contribution in [3.05, 3.63) is 0 Å².